The number of carbonyl (C=O) groups excluding carboxylic acids is 2. The number of nitrogens with zero attached hydrogens (tertiary/aromatic N) is 2. The Kier molecular flexibility index (Phi) is 7.41. The molecule has 0 bridgehead atoms. The smallest absolute Gasteiger partial charge is 0.453 e. The first kappa shape index (κ1) is 29.4. The van der Waals surface area contributed by atoms with Crippen molar-refractivity contribution in [1.29, 1.82) is 0 Å². The molecule has 0 spiro atoms. The minimum Gasteiger partial charge on any atom is -0.453 e. The number of fused-ring (bicyclic) bond motifs is 3. The molecule has 3 aliphatic rings. The van der Waals surface area contributed by atoms with Crippen molar-refractivity contribution < 1.29 is 23.6 Å². The van der Waals surface area contributed by atoms with Gasteiger partial charge in [-0.05, 0) is 92.2 Å². The number of imidazole rings is 1. The van der Waals surface area contributed by atoms with E-state index in [0.29, 0.717) is 6.54 Å². The number of alkyl carbamates (subject to hydrolysis) is 1. The van der Waals surface area contributed by atoms with Gasteiger partial charge in [0, 0.05) is 6.54 Å². The molecule has 10 heteroatoms. The molecule has 0 saturated carbocycles. The van der Waals surface area contributed by atoms with Gasteiger partial charge in [0.2, 0.25) is 5.91 Å². The molecule has 9 nitrogen and oxygen atoms in total. The van der Waals surface area contributed by atoms with Crippen molar-refractivity contribution in [1.82, 2.24) is 20.2 Å². The number of H-pyrrole nitrogens is 1. The first-order valence-electron chi connectivity index (χ1n) is 15.2. The SMILES string of the molecule is COC(=O)NC(C(=O)N1CCCC1c1ncc(-c2ccc3c(c2)Cc2cc(B4OC(C)(C)C(C)(C)O4)ccc2-3)[nH]1)C(C)C. The zero-order valence-corrected chi connectivity index (χ0v) is 26.1. The van der Waals surface area contributed by atoms with Crippen LogP contribution in [-0.4, -0.2) is 64.9 Å². The largest absolute Gasteiger partial charge is 0.494 e. The molecule has 2 fully saturated rings. The van der Waals surface area contributed by atoms with Gasteiger partial charge < -0.3 is 29.2 Å². The quantitative estimate of drug-likeness (QED) is 0.310. The molecular weight excluding hydrogens is 543 g/mol. The van der Waals surface area contributed by atoms with Gasteiger partial charge in [-0.2, -0.15) is 0 Å². The molecule has 226 valence electrons. The standard InChI is InChI=1S/C33H41BN4O5/c1-19(2)28(37-31(40)41-7)30(39)38-14-8-9-27(38)29-35-18-26(36-29)20-10-12-24-21(15-20)16-22-17-23(11-13-25(22)24)34-42-32(3,4)33(5,6)43-34/h10-13,15,17-19,27-28H,8-9,14,16H2,1-7H3,(H,35,36)(H,37,40). The lowest BCUT2D eigenvalue weighted by atomic mass is 9.78. The van der Waals surface area contributed by atoms with Crippen molar-refractivity contribution in [2.24, 2.45) is 5.92 Å². The maximum absolute atomic E-state index is 13.5. The fraction of sp³-hybridized carbons (Fsp3) is 0.485. The lowest BCUT2D eigenvalue weighted by Crippen LogP contribution is -2.51. The first-order valence-corrected chi connectivity index (χ1v) is 15.2. The van der Waals surface area contributed by atoms with Crippen LogP contribution < -0.4 is 10.8 Å². The van der Waals surface area contributed by atoms with Crippen molar-refractivity contribution in [3.63, 3.8) is 0 Å². The summed E-state index contributed by atoms with van der Waals surface area (Å²) in [6.45, 7) is 12.8. The Morgan fingerprint density at radius 2 is 1.74 bits per heavy atom. The highest BCUT2D eigenvalue weighted by atomic mass is 16.7. The Morgan fingerprint density at radius 3 is 2.42 bits per heavy atom. The van der Waals surface area contributed by atoms with Crippen molar-refractivity contribution >= 4 is 24.6 Å². The lowest BCUT2D eigenvalue weighted by Gasteiger charge is -2.32. The molecule has 1 aliphatic carbocycles. The predicted octanol–water partition coefficient (Wildman–Crippen LogP) is 4.99. The number of nitrogens with one attached hydrogen (secondary N) is 2. The minimum atomic E-state index is -0.661. The minimum absolute atomic E-state index is 0.0801. The highest BCUT2D eigenvalue weighted by molar-refractivity contribution is 6.62. The van der Waals surface area contributed by atoms with Crippen LogP contribution in [0.3, 0.4) is 0 Å². The summed E-state index contributed by atoms with van der Waals surface area (Å²) in [6, 6.07) is 12.2. The van der Waals surface area contributed by atoms with Gasteiger partial charge in [-0.25, -0.2) is 9.78 Å². The normalized spacial score (nSPS) is 20.7. The van der Waals surface area contributed by atoms with Crippen LogP contribution in [0.15, 0.2) is 42.6 Å². The van der Waals surface area contributed by atoms with Gasteiger partial charge in [0.05, 0.1) is 36.2 Å². The number of carbonyl (C=O) groups is 2. The summed E-state index contributed by atoms with van der Waals surface area (Å²) in [7, 11) is 0.920. The second kappa shape index (κ2) is 10.8. The number of aromatic nitrogens is 2. The second-order valence-corrected chi connectivity index (χ2v) is 13.3. The maximum Gasteiger partial charge on any atom is 0.494 e. The van der Waals surface area contributed by atoms with E-state index in [0.717, 1.165) is 41.8 Å². The number of hydrogen-bond donors (Lipinski definition) is 2. The van der Waals surface area contributed by atoms with Crippen LogP contribution in [0.4, 0.5) is 4.79 Å². The fourth-order valence-corrected chi connectivity index (χ4v) is 6.37. The van der Waals surface area contributed by atoms with E-state index in [1.807, 2.05) is 24.9 Å². The zero-order chi connectivity index (χ0) is 30.7. The summed E-state index contributed by atoms with van der Waals surface area (Å²) in [4.78, 5) is 35.4. The first-order chi connectivity index (χ1) is 20.4. The molecule has 2 aromatic carbocycles. The Labute approximate surface area is 253 Å². The van der Waals surface area contributed by atoms with Gasteiger partial charge in [-0.1, -0.05) is 44.2 Å². The van der Waals surface area contributed by atoms with Crippen LogP contribution in [0.5, 0.6) is 0 Å². The molecule has 6 rings (SSSR count). The second-order valence-electron chi connectivity index (χ2n) is 13.3. The van der Waals surface area contributed by atoms with E-state index in [-0.39, 0.29) is 36.2 Å². The van der Waals surface area contributed by atoms with Crippen molar-refractivity contribution in [2.75, 3.05) is 13.7 Å². The van der Waals surface area contributed by atoms with Crippen molar-refractivity contribution in [3.8, 4) is 22.4 Å². The van der Waals surface area contributed by atoms with E-state index >= 15 is 0 Å². The van der Waals surface area contributed by atoms with Crippen LogP contribution in [-0.2, 0) is 25.3 Å². The van der Waals surface area contributed by atoms with E-state index in [1.54, 1.807) is 0 Å². The lowest BCUT2D eigenvalue weighted by molar-refractivity contribution is -0.135. The number of hydrogen-bond acceptors (Lipinski definition) is 6. The third-order valence-electron chi connectivity index (χ3n) is 9.58. The van der Waals surface area contributed by atoms with Gasteiger partial charge in [-0.15, -0.1) is 0 Å². The van der Waals surface area contributed by atoms with Crippen LogP contribution in [0.2, 0.25) is 0 Å². The molecular formula is C33H41BN4O5. The third kappa shape index (κ3) is 5.25. The summed E-state index contributed by atoms with van der Waals surface area (Å²) in [5.41, 5.74) is 7.27. The molecule has 3 heterocycles. The molecule has 3 aromatic rings. The monoisotopic (exact) mass is 584 g/mol. The van der Waals surface area contributed by atoms with E-state index in [1.165, 1.54) is 29.4 Å². The van der Waals surface area contributed by atoms with Crippen molar-refractivity contribution in [2.45, 2.75) is 84.1 Å². The number of methoxy groups -OCH3 is 1. The Morgan fingerprint density at radius 1 is 1.07 bits per heavy atom. The molecule has 1 aromatic heterocycles. The van der Waals surface area contributed by atoms with Crippen LogP contribution in [0.1, 0.15) is 77.4 Å². The average Bonchev–Trinajstić information content (AvgIpc) is 3.74. The summed E-state index contributed by atoms with van der Waals surface area (Å²) in [5.74, 6) is 0.567. The summed E-state index contributed by atoms with van der Waals surface area (Å²) in [6.07, 6.45) is 3.77. The number of aromatic amines is 1. The molecule has 2 N–H and O–H groups in total. The Hall–Kier alpha value is -3.63. The summed E-state index contributed by atoms with van der Waals surface area (Å²) in [5, 5.41) is 2.71. The average molecular weight is 585 g/mol. The highest BCUT2D eigenvalue weighted by Crippen LogP contribution is 2.40. The number of likely N-dealkylation sites (tertiary alicyclic amines) is 1. The molecule has 2 atom stereocenters. The van der Waals surface area contributed by atoms with Gasteiger partial charge in [0.25, 0.3) is 0 Å². The van der Waals surface area contributed by atoms with Crippen molar-refractivity contribution in [3.05, 3.63) is 59.5 Å². The Bertz CT molecular complexity index is 1550. The van der Waals surface area contributed by atoms with E-state index < -0.39 is 12.1 Å². The molecule has 2 aliphatic heterocycles. The van der Waals surface area contributed by atoms with E-state index in [4.69, 9.17) is 19.0 Å². The van der Waals surface area contributed by atoms with Gasteiger partial charge in [0.15, 0.2) is 0 Å². The molecule has 2 unspecified atom stereocenters. The maximum atomic E-state index is 13.5. The number of benzene rings is 2. The fourth-order valence-electron chi connectivity index (χ4n) is 6.37. The number of rotatable bonds is 6. The van der Waals surface area contributed by atoms with E-state index in [2.05, 4.69) is 74.4 Å². The highest BCUT2D eigenvalue weighted by Gasteiger charge is 2.51. The topological polar surface area (TPSA) is 106 Å². The van der Waals surface area contributed by atoms with Crippen LogP contribution in [0.25, 0.3) is 22.4 Å². The zero-order valence-electron chi connectivity index (χ0n) is 26.1. The third-order valence-corrected chi connectivity index (χ3v) is 9.58. The summed E-state index contributed by atoms with van der Waals surface area (Å²) >= 11 is 0. The number of amides is 2. The Balaban J connectivity index is 1.19. The number of ether oxygens (including phenoxy) is 1. The molecule has 2 saturated heterocycles. The van der Waals surface area contributed by atoms with Gasteiger partial charge >= 0.3 is 13.2 Å². The summed E-state index contributed by atoms with van der Waals surface area (Å²) < 4.78 is 17.3. The predicted molar refractivity (Wildman–Crippen MR) is 166 cm³/mol. The van der Waals surface area contributed by atoms with E-state index in [9.17, 15) is 9.59 Å². The molecule has 43 heavy (non-hydrogen) atoms. The van der Waals surface area contributed by atoms with Crippen LogP contribution >= 0.6 is 0 Å². The van der Waals surface area contributed by atoms with Crippen LogP contribution in [0, 0.1) is 5.92 Å². The molecule has 0 radical (unpaired) electrons. The van der Waals surface area contributed by atoms with Gasteiger partial charge in [0.1, 0.15) is 11.9 Å². The molecule has 2 amide bonds. The van der Waals surface area contributed by atoms with Gasteiger partial charge in [-0.3, -0.25) is 4.79 Å².